The summed E-state index contributed by atoms with van der Waals surface area (Å²) in [4.78, 5) is 22.9. The molecule has 0 saturated carbocycles. The topological polar surface area (TPSA) is 65.8 Å². The van der Waals surface area contributed by atoms with Crippen LogP contribution in [0.15, 0.2) is 30.5 Å². The molecule has 2 aliphatic rings. The molecule has 2 fully saturated rings. The summed E-state index contributed by atoms with van der Waals surface area (Å²) in [7, 11) is 0. The Hall–Kier alpha value is -2.25. The van der Waals surface area contributed by atoms with E-state index in [1.807, 2.05) is 6.07 Å². The highest BCUT2D eigenvalue weighted by Gasteiger charge is 2.31. The Morgan fingerprint density at radius 3 is 2.73 bits per heavy atom. The number of non-ortho nitro benzene ring substituents is 1. The predicted molar refractivity (Wildman–Crippen MR) is 103 cm³/mol. The number of likely N-dealkylation sites (N-methyl/N-ethyl adjacent to an activating group) is 1. The summed E-state index contributed by atoms with van der Waals surface area (Å²) >= 11 is 0. The number of nitro groups is 1. The molecule has 3 heterocycles. The average Bonchev–Trinajstić information content (AvgIpc) is 3.17. The standard InChI is InChI=1S/C19H25N5O2/c1-2-21-10-12-22(13-11-21)15-7-9-23(14-15)18-6-5-17(24(25)26)16-4-3-8-20-19(16)18/h3-6,8,15H,2,7,9-14H2,1H3. The van der Waals surface area contributed by atoms with Crippen LogP contribution in [0.25, 0.3) is 10.9 Å². The number of nitrogens with zero attached hydrogens (tertiary/aromatic N) is 5. The maximum atomic E-state index is 11.3. The molecule has 1 aromatic heterocycles. The van der Waals surface area contributed by atoms with Gasteiger partial charge in [-0.25, -0.2) is 0 Å². The van der Waals surface area contributed by atoms with Crippen molar-refractivity contribution in [3.8, 4) is 0 Å². The third-order valence-electron chi connectivity index (χ3n) is 5.80. The lowest BCUT2D eigenvalue weighted by atomic mass is 10.1. The fourth-order valence-corrected chi connectivity index (χ4v) is 4.26. The van der Waals surface area contributed by atoms with Gasteiger partial charge in [0, 0.05) is 57.6 Å². The molecule has 0 spiro atoms. The van der Waals surface area contributed by atoms with E-state index in [1.165, 1.54) is 0 Å². The molecule has 26 heavy (non-hydrogen) atoms. The fraction of sp³-hybridized carbons (Fsp3) is 0.526. The molecule has 138 valence electrons. The van der Waals surface area contributed by atoms with Gasteiger partial charge >= 0.3 is 0 Å². The Morgan fingerprint density at radius 2 is 2.00 bits per heavy atom. The van der Waals surface area contributed by atoms with Crippen molar-refractivity contribution >= 4 is 22.3 Å². The first-order valence-corrected chi connectivity index (χ1v) is 9.41. The summed E-state index contributed by atoms with van der Waals surface area (Å²) < 4.78 is 0. The first-order valence-electron chi connectivity index (χ1n) is 9.41. The second-order valence-electron chi connectivity index (χ2n) is 7.12. The maximum Gasteiger partial charge on any atom is 0.278 e. The van der Waals surface area contributed by atoms with E-state index in [0.29, 0.717) is 11.4 Å². The van der Waals surface area contributed by atoms with Crippen LogP contribution in [0, 0.1) is 10.1 Å². The Morgan fingerprint density at radius 1 is 1.19 bits per heavy atom. The van der Waals surface area contributed by atoms with Crippen LogP contribution >= 0.6 is 0 Å². The number of rotatable bonds is 4. The smallest absolute Gasteiger partial charge is 0.278 e. The van der Waals surface area contributed by atoms with Gasteiger partial charge in [-0.05, 0) is 31.2 Å². The van der Waals surface area contributed by atoms with E-state index in [0.717, 1.165) is 63.4 Å². The zero-order valence-corrected chi connectivity index (χ0v) is 15.2. The maximum absolute atomic E-state index is 11.3. The van der Waals surface area contributed by atoms with Crippen molar-refractivity contribution in [2.24, 2.45) is 0 Å². The Balaban J connectivity index is 1.54. The van der Waals surface area contributed by atoms with E-state index >= 15 is 0 Å². The van der Waals surface area contributed by atoms with E-state index < -0.39 is 0 Å². The Kier molecular flexibility index (Phi) is 4.74. The lowest BCUT2D eigenvalue weighted by Crippen LogP contribution is -2.50. The molecule has 0 amide bonds. The van der Waals surface area contributed by atoms with Gasteiger partial charge in [-0.3, -0.25) is 20.0 Å². The second-order valence-corrected chi connectivity index (χ2v) is 7.12. The summed E-state index contributed by atoms with van der Waals surface area (Å²) in [6.07, 6.45) is 2.85. The molecule has 0 radical (unpaired) electrons. The number of pyridine rings is 1. The van der Waals surface area contributed by atoms with Gasteiger partial charge in [0.2, 0.25) is 0 Å². The molecule has 2 aromatic rings. The lowest BCUT2D eigenvalue weighted by molar-refractivity contribution is -0.383. The van der Waals surface area contributed by atoms with Crippen molar-refractivity contribution in [1.29, 1.82) is 0 Å². The molecule has 4 rings (SSSR count). The Bertz CT molecular complexity index is 804. The minimum Gasteiger partial charge on any atom is -0.368 e. The minimum absolute atomic E-state index is 0.128. The van der Waals surface area contributed by atoms with E-state index in [-0.39, 0.29) is 10.6 Å². The van der Waals surface area contributed by atoms with Crippen LogP contribution in [0.3, 0.4) is 0 Å². The monoisotopic (exact) mass is 355 g/mol. The van der Waals surface area contributed by atoms with Crippen LogP contribution in [-0.4, -0.2) is 71.6 Å². The SMILES string of the molecule is CCN1CCN(C2CCN(c3ccc([N+](=O)[O-])c4cccnc34)C2)CC1. The average molecular weight is 355 g/mol. The number of hydrogen-bond donors (Lipinski definition) is 0. The number of aromatic nitrogens is 1. The molecule has 1 atom stereocenters. The lowest BCUT2D eigenvalue weighted by Gasteiger charge is -2.37. The van der Waals surface area contributed by atoms with Crippen molar-refractivity contribution < 1.29 is 4.92 Å². The third-order valence-corrected chi connectivity index (χ3v) is 5.80. The number of benzene rings is 1. The zero-order chi connectivity index (χ0) is 18.1. The van der Waals surface area contributed by atoms with Gasteiger partial charge in [-0.15, -0.1) is 0 Å². The molecule has 7 heteroatoms. The highest BCUT2D eigenvalue weighted by molar-refractivity contribution is 5.97. The van der Waals surface area contributed by atoms with E-state index in [2.05, 4.69) is 26.6 Å². The number of nitro benzene ring substituents is 1. The summed E-state index contributed by atoms with van der Waals surface area (Å²) in [6, 6.07) is 7.60. The molecular weight excluding hydrogens is 330 g/mol. The minimum atomic E-state index is -0.326. The molecule has 0 N–H and O–H groups in total. The van der Waals surface area contributed by atoms with Crippen LogP contribution in [0.5, 0.6) is 0 Å². The highest BCUT2D eigenvalue weighted by atomic mass is 16.6. The molecule has 1 aromatic carbocycles. The van der Waals surface area contributed by atoms with Crippen molar-refractivity contribution in [3.63, 3.8) is 0 Å². The molecule has 0 aliphatic carbocycles. The summed E-state index contributed by atoms with van der Waals surface area (Å²) in [6.45, 7) is 9.85. The Labute approximate surface area is 153 Å². The number of piperazine rings is 1. The first kappa shape index (κ1) is 17.2. The number of fused-ring (bicyclic) bond motifs is 1. The number of hydrogen-bond acceptors (Lipinski definition) is 6. The quantitative estimate of drug-likeness (QED) is 0.620. The van der Waals surface area contributed by atoms with Crippen molar-refractivity contribution in [2.45, 2.75) is 19.4 Å². The second kappa shape index (κ2) is 7.17. The summed E-state index contributed by atoms with van der Waals surface area (Å²) in [5.41, 5.74) is 1.88. The van der Waals surface area contributed by atoms with Crippen LogP contribution in [0.4, 0.5) is 11.4 Å². The first-order chi connectivity index (χ1) is 12.7. The molecular formula is C19H25N5O2. The summed E-state index contributed by atoms with van der Waals surface area (Å²) in [5, 5.41) is 11.9. The van der Waals surface area contributed by atoms with E-state index in [9.17, 15) is 10.1 Å². The van der Waals surface area contributed by atoms with Crippen LogP contribution < -0.4 is 4.90 Å². The van der Waals surface area contributed by atoms with Crippen molar-refractivity contribution in [2.75, 3.05) is 50.7 Å². The van der Waals surface area contributed by atoms with Gasteiger partial charge in [0.15, 0.2) is 0 Å². The zero-order valence-electron chi connectivity index (χ0n) is 15.2. The largest absolute Gasteiger partial charge is 0.368 e. The highest BCUT2D eigenvalue weighted by Crippen LogP contribution is 2.34. The molecule has 0 bridgehead atoms. The van der Waals surface area contributed by atoms with Crippen molar-refractivity contribution in [1.82, 2.24) is 14.8 Å². The van der Waals surface area contributed by atoms with Gasteiger partial charge in [-0.2, -0.15) is 0 Å². The predicted octanol–water partition coefficient (Wildman–Crippen LogP) is 2.36. The third kappa shape index (κ3) is 3.12. The van der Waals surface area contributed by atoms with Crippen LogP contribution in [0.1, 0.15) is 13.3 Å². The van der Waals surface area contributed by atoms with Gasteiger partial charge in [0.05, 0.1) is 16.0 Å². The molecule has 7 nitrogen and oxygen atoms in total. The fourth-order valence-electron chi connectivity index (χ4n) is 4.26. The molecule has 2 saturated heterocycles. The summed E-state index contributed by atoms with van der Waals surface area (Å²) in [5.74, 6) is 0. The van der Waals surface area contributed by atoms with E-state index in [4.69, 9.17) is 0 Å². The van der Waals surface area contributed by atoms with Crippen molar-refractivity contribution in [3.05, 3.63) is 40.6 Å². The molecule has 2 aliphatic heterocycles. The van der Waals surface area contributed by atoms with Gasteiger partial charge in [0.1, 0.15) is 5.52 Å². The van der Waals surface area contributed by atoms with Gasteiger partial charge in [0.25, 0.3) is 5.69 Å². The van der Waals surface area contributed by atoms with E-state index in [1.54, 1.807) is 24.4 Å². The van der Waals surface area contributed by atoms with Gasteiger partial charge in [-0.1, -0.05) is 6.92 Å². The van der Waals surface area contributed by atoms with Crippen LogP contribution in [-0.2, 0) is 0 Å². The molecule has 1 unspecified atom stereocenters. The normalized spacial score (nSPS) is 22.2. The van der Waals surface area contributed by atoms with Crippen LogP contribution in [0.2, 0.25) is 0 Å². The number of anilines is 1. The van der Waals surface area contributed by atoms with Gasteiger partial charge < -0.3 is 9.80 Å².